The lowest BCUT2D eigenvalue weighted by atomic mass is 10.2. The number of hydrogen-bond acceptors (Lipinski definition) is 5. The van der Waals surface area contributed by atoms with Crippen molar-refractivity contribution in [3.8, 4) is 10.6 Å². The number of thiocarbonyl (C=S) groups is 1. The molecule has 25 heavy (non-hydrogen) atoms. The molecule has 0 saturated carbocycles. The van der Waals surface area contributed by atoms with Crippen LogP contribution in [0.3, 0.4) is 0 Å². The lowest BCUT2D eigenvalue weighted by molar-refractivity contribution is -0.115. The Morgan fingerprint density at radius 1 is 1.20 bits per heavy atom. The number of nitrogens with one attached hydrogen (secondary N) is 1. The molecule has 0 radical (unpaired) electrons. The van der Waals surface area contributed by atoms with E-state index in [9.17, 15) is 4.79 Å². The number of amides is 1. The van der Waals surface area contributed by atoms with Crippen LogP contribution in [0.4, 0.5) is 0 Å². The average Bonchev–Trinajstić information content (AvgIpc) is 3.30. The summed E-state index contributed by atoms with van der Waals surface area (Å²) in [5.74, 6) is -0.150. The number of aromatic nitrogens is 2. The number of thioether (sulfide) groups is 1. The van der Waals surface area contributed by atoms with Crippen LogP contribution in [0.2, 0.25) is 0 Å². The van der Waals surface area contributed by atoms with Crippen molar-refractivity contribution in [1.29, 1.82) is 0 Å². The monoisotopic (exact) mass is 383 g/mol. The van der Waals surface area contributed by atoms with Gasteiger partial charge >= 0.3 is 0 Å². The summed E-state index contributed by atoms with van der Waals surface area (Å²) in [4.78, 5) is 13.6. The van der Waals surface area contributed by atoms with Crippen molar-refractivity contribution in [3.05, 3.63) is 70.1 Å². The summed E-state index contributed by atoms with van der Waals surface area (Å²) in [6, 6.07) is 14.2. The number of benzene rings is 1. The zero-order chi connectivity index (χ0) is 17.2. The average molecular weight is 384 g/mol. The van der Waals surface area contributed by atoms with Crippen LogP contribution in [-0.4, -0.2) is 20.0 Å². The Bertz CT molecular complexity index is 959. The van der Waals surface area contributed by atoms with Gasteiger partial charge in [-0.05, 0) is 23.1 Å². The minimum Gasteiger partial charge on any atom is -0.307 e. The molecule has 1 fully saturated rings. The first kappa shape index (κ1) is 16.3. The topological polar surface area (TPSA) is 46.9 Å². The van der Waals surface area contributed by atoms with Gasteiger partial charge in [0.2, 0.25) is 0 Å². The van der Waals surface area contributed by atoms with Crippen molar-refractivity contribution in [1.82, 2.24) is 15.1 Å². The first-order valence-corrected chi connectivity index (χ1v) is 9.69. The molecule has 0 bridgehead atoms. The van der Waals surface area contributed by atoms with Crippen LogP contribution in [0.5, 0.6) is 0 Å². The summed E-state index contributed by atoms with van der Waals surface area (Å²) in [6.45, 7) is 0.681. The summed E-state index contributed by atoms with van der Waals surface area (Å²) >= 11 is 7.98. The van der Waals surface area contributed by atoms with E-state index in [1.54, 1.807) is 11.3 Å². The van der Waals surface area contributed by atoms with E-state index >= 15 is 0 Å². The second kappa shape index (κ2) is 6.95. The zero-order valence-corrected chi connectivity index (χ0v) is 15.5. The van der Waals surface area contributed by atoms with Crippen molar-refractivity contribution in [2.24, 2.45) is 0 Å². The number of thiophene rings is 1. The highest BCUT2D eigenvalue weighted by Crippen LogP contribution is 2.32. The van der Waals surface area contributed by atoms with Crippen LogP contribution in [0, 0.1) is 0 Å². The van der Waals surface area contributed by atoms with Crippen LogP contribution in [-0.2, 0) is 11.3 Å². The molecule has 1 aliphatic heterocycles. The molecule has 3 heterocycles. The fourth-order valence-electron chi connectivity index (χ4n) is 2.56. The van der Waals surface area contributed by atoms with Crippen LogP contribution in [0.25, 0.3) is 16.6 Å². The highest BCUT2D eigenvalue weighted by atomic mass is 32.2. The number of nitrogens with zero attached hydrogens (tertiary/aromatic N) is 2. The molecule has 4 nitrogen and oxygen atoms in total. The van der Waals surface area contributed by atoms with E-state index in [0.29, 0.717) is 15.8 Å². The zero-order valence-electron chi connectivity index (χ0n) is 13.0. The fourth-order valence-corrected chi connectivity index (χ4v) is 4.33. The minimum atomic E-state index is -0.150. The summed E-state index contributed by atoms with van der Waals surface area (Å²) < 4.78 is 2.40. The molecule has 3 aromatic rings. The first-order valence-electron chi connectivity index (χ1n) is 7.59. The van der Waals surface area contributed by atoms with E-state index in [0.717, 1.165) is 16.1 Å². The third-order valence-electron chi connectivity index (χ3n) is 3.66. The minimum absolute atomic E-state index is 0.150. The van der Waals surface area contributed by atoms with Gasteiger partial charge in [0.15, 0.2) is 0 Å². The summed E-state index contributed by atoms with van der Waals surface area (Å²) in [5, 5.41) is 9.42. The molecule has 1 aromatic carbocycles. The smallest absolute Gasteiger partial charge is 0.263 e. The molecule has 1 aliphatic rings. The van der Waals surface area contributed by atoms with Gasteiger partial charge in [-0.2, -0.15) is 5.10 Å². The molecule has 0 unspecified atom stereocenters. The Hall–Kier alpha value is -2.22. The molecular formula is C18H13N3OS3. The highest BCUT2D eigenvalue weighted by Gasteiger charge is 2.23. The van der Waals surface area contributed by atoms with Crippen LogP contribution in [0.1, 0.15) is 11.1 Å². The standard InChI is InChI=1S/C18H13N3OS3/c22-17-15(25-18(23)19-17)9-13-11-21(10-12-5-2-1-3-6-12)20-16(13)14-7-4-8-24-14/h1-9,11H,10H2,(H,19,22,23)/b15-9-. The van der Waals surface area contributed by atoms with Gasteiger partial charge in [0.1, 0.15) is 10.0 Å². The molecule has 1 saturated heterocycles. The van der Waals surface area contributed by atoms with Gasteiger partial charge in [0.05, 0.1) is 16.3 Å². The van der Waals surface area contributed by atoms with Gasteiger partial charge in [-0.3, -0.25) is 9.48 Å². The Balaban J connectivity index is 1.73. The Morgan fingerprint density at radius 3 is 2.72 bits per heavy atom. The first-order chi connectivity index (χ1) is 12.2. The maximum Gasteiger partial charge on any atom is 0.263 e. The second-order valence-electron chi connectivity index (χ2n) is 5.45. The van der Waals surface area contributed by atoms with E-state index in [1.165, 1.54) is 17.3 Å². The van der Waals surface area contributed by atoms with Crippen molar-refractivity contribution >= 4 is 51.6 Å². The third-order valence-corrected chi connectivity index (χ3v) is 5.70. The maximum atomic E-state index is 12.0. The Morgan fingerprint density at radius 2 is 2.04 bits per heavy atom. The molecule has 124 valence electrons. The third kappa shape index (κ3) is 3.58. The van der Waals surface area contributed by atoms with E-state index in [2.05, 4.69) is 17.4 Å². The van der Waals surface area contributed by atoms with E-state index in [1.807, 2.05) is 52.7 Å². The SMILES string of the molecule is O=C1NC(=S)S/C1=C\c1cn(Cc2ccccc2)nc1-c1cccs1. The Labute approximate surface area is 158 Å². The molecule has 4 rings (SSSR count). The molecular weight excluding hydrogens is 370 g/mol. The molecule has 0 aliphatic carbocycles. The number of hydrogen-bond donors (Lipinski definition) is 1. The maximum absolute atomic E-state index is 12.0. The highest BCUT2D eigenvalue weighted by molar-refractivity contribution is 8.26. The molecule has 2 aromatic heterocycles. The quantitative estimate of drug-likeness (QED) is 0.543. The predicted octanol–water partition coefficient (Wildman–Crippen LogP) is 4.15. The van der Waals surface area contributed by atoms with Gasteiger partial charge in [0, 0.05) is 11.8 Å². The van der Waals surface area contributed by atoms with E-state index < -0.39 is 0 Å². The number of carbonyl (C=O) groups is 1. The molecule has 1 amide bonds. The second-order valence-corrected chi connectivity index (χ2v) is 8.11. The summed E-state index contributed by atoms with van der Waals surface area (Å²) in [7, 11) is 0. The van der Waals surface area contributed by atoms with Gasteiger partial charge in [-0.1, -0.05) is 60.4 Å². The van der Waals surface area contributed by atoms with Gasteiger partial charge < -0.3 is 5.32 Å². The molecule has 7 heteroatoms. The fraction of sp³-hybridized carbons (Fsp3) is 0.0556. The lowest BCUT2D eigenvalue weighted by Crippen LogP contribution is -2.17. The lowest BCUT2D eigenvalue weighted by Gasteiger charge is -2.00. The normalized spacial score (nSPS) is 15.8. The van der Waals surface area contributed by atoms with Crippen LogP contribution in [0.15, 0.2) is 58.9 Å². The van der Waals surface area contributed by atoms with Crippen LogP contribution < -0.4 is 5.32 Å². The summed E-state index contributed by atoms with van der Waals surface area (Å²) in [6.07, 6.45) is 3.84. The molecule has 0 spiro atoms. The number of carbonyl (C=O) groups excluding carboxylic acids is 1. The van der Waals surface area contributed by atoms with Gasteiger partial charge in [-0.15, -0.1) is 11.3 Å². The largest absolute Gasteiger partial charge is 0.307 e. The van der Waals surface area contributed by atoms with E-state index in [-0.39, 0.29) is 5.91 Å². The predicted molar refractivity (Wildman–Crippen MR) is 107 cm³/mol. The van der Waals surface area contributed by atoms with Crippen molar-refractivity contribution in [2.75, 3.05) is 0 Å². The van der Waals surface area contributed by atoms with Crippen LogP contribution >= 0.6 is 35.3 Å². The van der Waals surface area contributed by atoms with Crippen molar-refractivity contribution < 1.29 is 4.79 Å². The molecule has 0 atom stereocenters. The van der Waals surface area contributed by atoms with E-state index in [4.69, 9.17) is 17.3 Å². The summed E-state index contributed by atoms with van der Waals surface area (Å²) in [5.41, 5.74) is 2.97. The Kier molecular flexibility index (Phi) is 4.52. The van der Waals surface area contributed by atoms with Gasteiger partial charge in [0.25, 0.3) is 5.91 Å². The van der Waals surface area contributed by atoms with Crippen molar-refractivity contribution in [2.45, 2.75) is 6.54 Å². The van der Waals surface area contributed by atoms with Gasteiger partial charge in [-0.25, -0.2) is 0 Å². The number of rotatable bonds is 4. The molecule has 1 N–H and O–H groups in total. The van der Waals surface area contributed by atoms with Crippen molar-refractivity contribution in [3.63, 3.8) is 0 Å².